The first-order valence-corrected chi connectivity index (χ1v) is 6.87. The molecule has 21 heavy (non-hydrogen) atoms. The van der Waals surface area contributed by atoms with Crippen LogP contribution in [0.4, 0.5) is 0 Å². The molecule has 1 aromatic rings. The SMILES string of the molecule is COc1ccc(/C=C/[C@@H](C[N+](=O)[O-])[C@H](C=[16O])C(C)C)cc1. The largest absolute Gasteiger partial charge is 0.497 e. The highest BCUT2D eigenvalue weighted by Gasteiger charge is 2.26. The molecule has 0 spiro atoms. The molecular weight excluding hydrogens is 270 g/mol. The topological polar surface area (TPSA) is 69.4 Å². The monoisotopic (exact) mass is 291 g/mol. The van der Waals surface area contributed by atoms with Crippen molar-refractivity contribution >= 4 is 12.4 Å². The Morgan fingerprint density at radius 2 is 1.90 bits per heavy atom. The lowest BCUT2D eigenvalue weighted by Crippen LogP contribution is -2.26. The van der Waals surface area contributed by atoms with Crippen LogP contribution in [0.2, 0.25) is 0 Å². The molecule has 0 aromatic heterocycles. The highest BCUT2D eigenvalue weighted by molar-refractivity contribution is 5.57. The van der Waals surface area contributed by atoms with Gasteiger partial charge in [0.2, 0.25) is 6.54 Å². The molecule has 0 bridgehead atoms. The number of benzene rings is 1. The van der Waals surface area contributed by atoms with Crippen molar-refractivity contribution in [1.29, 1.82) is 0 Å². The molecule has 114 valence electrons. The van der Waals surface area contributed by atoms with E-state index < -0.39 is 5.92 Å². The van der Waals surface area contributed by atoms with Crippen molar-refractivity contribution in [3.8, 4) is 5.75 Å². The molecule has 0 aliphatic rings. The van der Waals surface area contributed by atoms with E-state index in [9.17, 15) is 14.9 Å². The number of ether oxygens (including phenoxy) is 1. The maximum atomic E-state index is 11.2. The van der Waals surface area contributed by atoms with Gasteiger partial charge in [-0.3, -0.25) is 10.1 Å². The fourth-order valence-electron chi connectivity index (χ4n) is 2.19. The van der Waals surface area contributed by atoms with Crippen molar-refractivity contribution in [2.45, 2.75) is 13.8 Å². The van der Waals surface area contributed by atoms with E-state index in [-0.39, 0.29) is 23.3 Å². The zero-order valence-corrected chi connectivity index (χ0v) is 12.6. The number of hydrogen-bond donors (Lipinski definition) is 0. The minimum absolute atomic E-state index is 0.0629. The second-order valence-electron chi connectivity index (χ2n) is 5.27. The Balaban J connectivity index is 2.90. The van der Waals surface area contributed by atoms with Gasteiger partial charge in [0.25, 0.3) is 0 Å². The summed E-state index contributed by atoms with van der Waals surface area (Å²) in [5, 5.41) is 10.8. The lowest BCUT2D eigenvalue weighted by molar-refractivity contribution is -0.487. The second-order valence-corrected chi connectivity index (χ2v) is 5.27. The van der Waals surface area contributed by atoms with Crippen molar-refractivity contribution in [1.82, 2.24) is 0 Å². The van der Waals surface area contributed by atoms with Gasteiger partial charge in [0.1, 0.15) is 12.0 Å². The zero-order valence-electron chi connectivity index (χ0n) is 12.6. The van der Waals surface area contributed by atoms with Crippen LogP contribution in [0.3, 0.4) is 0 Å². The molecule has 5 nitrogen and oxygen atoms in total. The predicted octanol–water partition coefficient (Wildman–Crippen LogP) is 3.07. The summed E-state index contributed by atoms with van der Waals surface area (Å²) in [7, 11) is 1.59. The van der Waals surface area contributed by atoms with E-state index in [1.165, 1.54) is 0 Å². The number of carbonyl (C=O) groups is 1. The van der Waals surface area contributed by atoms with Gasteiger partial charge in [0, 0.05) is 10.8 Å². The highest BCUT2D eigenvalue weighted by Crippen LogP contribution is 2.22. The van der Waals surface area contributed by atoms with Crippen LogP contribution in [0.15, 0.2) is 30.3 Å². The van der Waals surface area contributed by atoms with Crippen LogP contribution < -0.4 is 4.74 Å². The summed E-state index contributed by atoms with van der Waals surface area (Å²) < 4.78 is 5.07. The number of carbonyl (C=O) groups excluding carboxylic acids is 1. The molecule has 0 amide bonds. The molecule has 0 heterocycles. The van der Waals surface area contributed by atoms with Gasteiger partial charge in [-0.15, -0.1) is 0 Å². The number of rotatable bonds is 8. The van der Waals surface area contributed by atoms with Gasteiger partial charge in [-0.1, -0.05) is 38.1 Å². The minimum atomic E-state index is -0.403. The maximum Gasteiger partial charge on any atom is 0.210 e. The molecule has 1 aromatic carbocycles. The smallest absolute Gasteiger partial charge is 0.210 e. The van der Waals surface area contributed by atoms with Crippen molar-refractivity contribution < 1.29 is 14.5 Å². The fraction of sp³-hybridized carbons (Fsp3) is 0.438. The number of hydrogen-bond acceptors (Lipinski definition) is 4. The number of nitro groups is 1. The van der Waals surface area contributed by atoms with Gasteiger partial charge in [0.05, 0.1) is 13.0 Å². The first kappa shape index (κ1) is 16.9. The average molecular weight is 291 g/mol. The Labute approximate surface area is 124 Å². The summed E-state index contributed by atoms with van der Waals surface area (Å²) in [4.78, 5) is 21.6. The van der Waals surface area contributed by atoms with E-state index in [1.807, 2.05) is 44.2 Å². The molecule has 5 heteroatoms. The van der Waals surface area contributed by atoms with Crippen molar-refractivity contribution in [2.24, 2.45) is 17.8 Å². The Morgan fingerprint density at radius 1 is 1.29 bits per heavy atom. The maximum absolute atomic E-state index is 11.2. The second kappa shape index (κ2) is 8.19. The molecular formula is C16H21NO4. The average Bonchev–Trinajstić information content (AvgIpc) is 2.45. The van der Waals surface area contributed by atoms with Gasteiger partial charge in [-0.2, -0.15) is 0 Å². The third kappa shape index (κ3) is 5.38. The Morgan fingerprint density at radius 3 is 2.33 bits per heavy atom. The minimum Gasteiger partial charge on any atom is -0.497 e. The summed E-state index contributed by atoms with van der Waals surface area (Å²) >= 11 is 0. The molecule has 0 fully saturated rings. The van der Waals surface area contributed by atoms with Crippen LogP contribution in [0.1, 0.15) is 19.4 Å². The van der Waals surface area contributed by atoms with Crippen LogP contribution >= 0.6 is 0 Å². The first-order chi connectivity index (χ1) is 9.97. The van der Waals surface area contributed by atoms with E-state index in [0.29, 0.717) is 0 Å². The van der Waals surface area contributed by atoms with Gasteiger partial charge < -0.3 is 9.53 Å². The molecule has 0 aliphatic heterocycles. The molecule has 2 atom stereocenters. The van der Waals surface area contributed by atoms with Crippen LogP contribution in [-0.4, -0.2) is 24.9 Å². The van der Waals surface area contributed by atoms with Gasteiger partial charge in [-0.25, -0.2) is 0 Å². The van der Waals surface area contributed by atoms with E-state index in [4.69, 9.17) is 4.74 Å². The summed E-state index contributed by atoms with van der Waals surface area (Å²) in [6.45, 7) is 3.55. The van der Waals surface area contributed by atoms with E-state index in [0.717, 1.165) is 17.6 Å². The number of nitrogens with zero attached hydrogens (tertiary/aromatic N) is 1. The zero-order chi connectivity index (χ0) is 15.8. The Kier molecular flexibility index (Phi) is 6.59. The number of methoxy groups -OCH3 is 1. The van der Waals surface area contributed by atoms with Crippen molar-refractivity contribution in [2.75, 3.05) is 13.7 Å². The molecule has 0 unspecified atom stereocenters. The van der Waals surface area contributed by atoms with Crippen molar-refractivity contribution in [3.63, 3.8) is 0 Å². The highest BCUT2D eigenvalue weighted by atomic mass is 16.6. The van der Waals surface area contributed by atoms with Crippen LogP contribution in [-0.2, 0) is 4.79 Å². The normalized spacial score (nSPS) is 14.1. The van der Waals surface area contributed by atoms with Gasteiger partial charge in [-0.05, 0) is 23.6 Å². The third-order valence-corrected chi connectivity index (χ3v) is 3.43. The summed E-state index contributed by atoms with van der Waals surface area (Å²) in [5.41, 5.74) is 0.914. The Hall–Kier alpha value is -2.17. The molecule has 0 saturated carbocycles. The lowest BCUT2D eigenvalue weighted by atomic mass is 9.84. The van der Waals surface area contributed by atoms with Gasteiger partial charge in [0.15, 0.2) is 0 Å². The number of aldehydes is 1. The van der Waals surface area contributed by atoms with Crippen LogP contribution in [0.25, 0.3) is 6.08 Å². The third-order valence-electron chi connectivity index (χ3n) is 3.43. The lowest BCUT2D eigenvalue weighted by Gasteiger charge is -2.19. The summed E-state index contributed by atoms with van der Waals surface area (Å²) in [5.74, 6) is 0.0550. The first-order valence-electron chi connectivity index (χ1n) is 6.87. The predicted molar refractivity (Wildman–Crippen MR) is 81.8 cm³/mol. The summed E-state index contributed by atoms with van der Waals surface area (Å²) in [6.07, 6.45) is 4.38. The molecule has 0 saturated heterocycles. The molecule has 0 aliphatic carbocycles. The fourth-order valence-corrected chi connectivity index (χ4v) is 2.19. The van der Waals surface area contributed by atoms with Gasteiger partial charge >= 0.3 is 0 Å². The van der Waals surface area contributed by atoms with E-state index in [1.54, 1.807) is 13.2 Å². The van der Waals surface area contributed by atoms with E-state index >= 15 is 0 Å². The van der Waals surface area contributed by atoms with E-state index in [2.05, 4.69) is 0 Å². The summed E-state index contributed by atoms with van der Waals surface area (Å²) in [6, 6.07) is 7.37. The quantitative estimate of drug-likeness (QED) is 0.419. The standard InChI is InChI=1S/C16H21NO4/c1-12(2)16(11-18)14(10-17(19)20)7-4-13-5-8-15(21-3)9-6-13/h4-9,11-12,14,16H,10H2,1-3H3/b7-4+/t14-,16+/m0/s1/i18+0. The van der Waals surface area contributed by atoms with Crippen LogP contribution in [0.5, 0.6) is 5.75 Å². The van der Waals surface area contributed by atoms with Crippen LogP contribution in [0, 0.1) is 27.9 Å². The Bertz CT molecular complexity index is 494. The molecule has 1 rings (SSSR count). The van der Waals surface area contributed by atoms with Crippen molar-refractivity contribution in [3.05, 3.63) is 46.0 Å². The molecule has 0 N–H and O–H groups in total. The molecule has 0 radical (unpaired) electrons.